The lowest BCUT2D eigenvalue weighted by Gasteiger charge is -2.24. The standard InChI is InChI=1S/C11H11ClF3N3S/c1-7-4-8-9(16-6-17-10(8)19-7)18(3-2-12)5-11(13,14)15/h4,6H,2-3,5H2,1H3. The summed E-state index contributed by atoms with van der Waals surface area (Å²) >= 11 is 7.01. The number of anilines is 1. The molecule has 0 aromatic carbocycles. The molecule has 104 valence electrons. The summed E-state index contributed by atoms with van der Waals surface area (Å²) < 4.78 is 37.8. The van der Waals surface area contributed by atoms with Crippen LogP contribution in [0.4, 0.5) is 19.0 Å². The molecule has 0 aliphatic carbocycles. The van der Waals surface area contributed by atoms with Crippen molar-refractivity contribution in [3.05, 3.63) is 17.3 Å². The van der Waals surface area contributed by atoms with Gasteiger partial charge in [-0.05, 0) is 13.0 Å². The van der Waals surface area contributed by atoms with Gasteiger partial charge in [-0.3, -0.25) is 0 Å². The smallest absolute Gasteiger partial charge is 0.346 e. The second kappa shape index (κ2) is 5.50. The number of thiophene rings is 1. The van der Waals surface area contributed by atoms with Crippen molar-refractivity contribution in [2.75, 3.05) is 23.9 Å². The summed E-state index contributed by atoms with van der Waals surface area (Å²) in [4.78, 5) is 10.9. The zero-order valence-corrected chi connectivity index (χ0v) is 11.6. The first kappa shape index (κ1) is 14.3. The summed E-state index contributed by atoms with van der Waals surface area (Å²) in [5.41, 5.74) is 0. The Morgan fingerprint density at radius 3 is 2.74 bits per heavy atom. The lowest BCUT2D eigenvalue weighted by atomic mass is 10.3. The summed E-state index contributed by atoms with van der Waals surface area (Å²) in [5, 5.41) is 0.638. The minimum atomic E-state index is -4.30. The van der Waals surface area contributed by atoms with E-state index in [1.165, 1.54) is 17.7 Å². The molecule has 2 aromatic rings. The second-order valence-electron chi connectivity index (χ2n) is 4.00. The van der Waals surface area contributed by atoms with Gasteiger partial charge in [0, 0.05) is 17.3 Å². The Hall–Kier alpha value is -1.08. The van der Waals surface area contributed by atoms with Gasteiger partial charge in [0.2, 0.25) is 0 Å². The Kier molecular flexibility index (Phi) is 4.15. The molecule has 2 aromatic heterocycles. The average molecular weight is 310 g/mol. The van der Waals surface area contributed by atoms with E-state index in [1.54, 1.807) is 6.07 Å². The van der Waals surface area contributed by atoms with E-state index < -0.39 is 12.7 Å². The van der Waals surface area contributed by atoms with Crippen LogP contribution in [0.2, 0.25) is 0 Å². The second-order valence-corrected chi connectivity index (χ2v) is 5.61. The quantitative estimate of drug-likeness (QED) is 0.808. The first-order valence-electron chi connectivity index (χ1n) is 5.49. The largest absolute Gasteiger partial charge is 0.405 e. The van der Waals surface area contributed by atoms with Crippen molar-refractivity contribution in [1.82, 2.24) is 9.97 Å². The van der Waals surface area contributed by atoms with Gasteiger partial charge in [-0.1, -0.05) is 0 Å². The Balaban J connectivity index is 2.43. The summed E-state index contributed by atoms with van der Waals surface area (Å²) in [5.74, 6) is 0.386. The molecule has 0 saturated heterocycles. The lowest BCUT2D eigenvalue weighted by molar-refractivity contribution is -0.119. The number of fused-ring (bicyclic) bond motifs is 1. The summed E-state index contributed by atoms with van der Waals surface area (Å²) in [6.45, 7) is 0.897. The van der Waals surface area contributed by atoms with Crippen molar-refractivity contribution >= 4 is 39.0 Å². The van der Waals surface area contributed by atoms with E-state index in [1.807, 2.05) is 6.92 Å². The Labute approximate surface area is 117 Å². The lowest BCUT2D eigenvalue weighted by Crippen LogP contribution is -2.36. The van der Waals surface area contributed by atoms with Crippen molar-refractivity contribution in [2.24, 2.45) is 0 Å². The van der Waals surface area contributed by atoms with Crippen LogP contribution >= 0.6 is 22.9 Å². The maximum Gasteiger partial charge on any atom is 0.405 e. The fraction of sp³-hybridized carbons (Fsp3) is 0.455. The van der Waals surface area contributed by atoms with Crippen LogP contribution in [0.1, 0.15) is 4.88 Å². The highest BCUT2D eigenvalue weighted by Crippen LogP contribution is 2.31. The van der Waals surface area contributed by atoms with E-state index in [0.29, 0.717) is 10.2 Å². The minimum absolute atomic E-state index is 0.0854. The first-order valence-corrected chi connectivity index (χ1v) is 6.84. The molecule has 0 N–H and O–H groups in total. The van der Waals surface area contributed by atoms with E-state index in [2.05, 4.69) is 9.97 Å². The zero-order valence-electron chi connectivity index (χ0n) is 10.0. The maximum absolute atomic E-state index is 12.6. The molecule has 0 amide bonds. The van der Waals surface area contributed by atoms with Crippen LogP contribution in [-0.4, -0.2) is 35.1 Å². The number of halogens is 4. The Morgan fingerprint density at radius 1 is 1.37 bits per heavy atom. The number of alkyl halides is 4. The van der Waals surface area contributed by atoms with Crippen molar-refractivity contribution in [1.29, 1.82) is 0 Å². The predicted molar refractivity (Wildman–Crippen MR) is 71.1 cm³/mol. The number of hydrogen-bond acceptors (Lipinski definition) is 4. The molecule has 0 atom stereocenters. The topological polar surface area (TPSA) is 29.0 Å². The molecule has 19 heavy (non-hydrogen) atoms. The van der Waals surface area contributed by atoms with Gasteiger partial charge in [-0.15, -0.1) is 22.9 Å². The number of hydrogen-bond donors (Lipinski definition) is 0. The number of aromatic nitrogens is 2. The van der Waals surface area contributed by atoms with Crippen molar-refractivity contribution in [2.45, 2.75) is 13.1 Å². The minimum Gasteiger partial charge on any atom is -0.346 e. The summed E-state index contributed by atoms with van der Waals surface area (Å²) in [6.07, 6.45) is -3.01. The third-order valence-corrected chi connectivity index (χ3v) is 3.58. The highest BCUT2D eigenvalue weighted by Gasteiger charge is 2.32. The van der Waals surface area contributed by atoms with Crippen LogP contribution < -0.4 is 4.90 Å². The highest BCUT2D eigenvalue weighted by molar-refractivity contribution is 7.18. The van der Waals surface area contributed by atoms with Gasteiger partial charge >= 0.3 is 6.18 Å². The normalized spacial score (nSPS) is 12.1. The third kappa shape index (κ3) is 3.48. The van der Waals surface area contributed by atoms with Crippen molar-refractivity contribution in [3.8, 4) is 0 Å². The molecule has 3 nitrogen and oxygen atoms in total. The van der Waals surface area contributed by atoms with Crippen LogP contribution in [-0.2, 0) is 0 Å². The third-order valence-electron chi connectivity index (χ3n) is 2.46. The van der Waals surface area contributed by atoms with Crippen LogP contribution in [0.5, 0.6) is 0 Å². The molecular weight excluding hydrogens is 299 g/mol. The fourth-order valence-corrected chi connectivity index (χ4v) is 2.84. The number of nitrogens with zero attached hydrogens (tertiary/aromatic N) is 3. The van der Waals surface area contributed by atoms with E-state index in [-0.39, 0.29) is 18.2 Å². The van der Waals surface area contributed by atoms with Crippen LogP contribution in [0.15, 0.2) is 12.4 Å². The molecule has 0 aliphatic heterocycles. The molecule has 0 bridgehead atoms. The van der Waals surface area contributed by atoms with E-state index >= 15 is 0 Å². The van der Waals surface area contributed by atoms with Crippen molar-refractivity contribution < 1.29 is 13.2 Å². The molecule has 0 fully saturated rings. The first-order chi connectivity index (χ1) is 8.90. The molecule has 0 spiro atoms. The molecule has 0 aliphatic rings. The van der Waals surface area contributed by atoms with Gasteiger partial charge in [0.05, 0.1) is 5.39 Å². The Bertz CT molecular complexity index is 570. The fourth-order valence-electron chi connectivity index (χ4n) is 1.79. The van der Waals surface area contributed by atoms with E-state index in [9.17, 15) is 13.2 Å². The molecule has 2 heterocycles. The molecular formula is C11H11ClF3N3S. The van der Waals surface area contributed by atoms with Crippen LogP contribution in [0.25, 0.3) is 10.2 Å². The van der Waals surface area contributed by atoms with E-state index in [0.717, 1.165) is 9.78 Å². The molecule has 0 saturated carbocycles. The molecule has 8 heteroatoms. The Morgan fingerprint density at radius 2 is 2.11 bits per heavy atom. The van der Waals surface area contributed by atoms with Gasteiger partial charge in [0.15, 0.2) is 0 Å². The van der Waals surface area contributed by atoms with Gasteiger partial charge in [-0.25, -0.2) is 9.97 Å². The molecule has 0 unspecified atom stereocenters. The van der Waals surface area contributed by atoms with Crippen LogP contribution in [0.3, 0.4) is 0 Å². The average Bonchev–Trinajstić information content (AvgIpc) is 2.66. The predicted octanol–water partition coefficient (Wildman–Crippen LogP) is 3.61. The number of aryl methyl sites for hydroxylation is 1. The van der Waals surface area contributed by atoms with Gasteiger partial charge in [-0.2, -0.15) is 13.2 Å². The summed E-state index contributed by atoms with van der Waals surface area (Å²) in [6, 6.07) is 1.80. The number of rotatable bonds is 4. The zero-order chi connectivity index (χ0) is 14.0. The van der Waals surface area contributed by atoms with E-state index in [4.69, 9.17) is 11.6 Å². The SMILES string of the molecule is Cc1cc2c(N(CCCl)CC(F)(F)F)ncnc2s1. The van der Waals surface area contributed by atoms with Gasteiger partial charge in [0.25, 0.3) is 0 Å². The highest BCUT2D eigenvalue weighted by atomic mass is 35.5. The maximum atomic E-state index is 12.6. The monoisotopic (exact) mass is 309 g/mol. The van der Waals surface area contributed by atoms with Crippen molar-refractivity contribution in [3.63, 3.8) is 0 Å². The van der Waals surface area contributed by atoms with Gasteiger partial charge < -0.3 is 4.90 Å². The molecule has 0 radical (unpaired) electrons. The van der Waals surface area contributed by atoms with Crippen LogP contribution in [0, 0.1) is 6.92 Å². The van der Waals surface area contributed by atoms with Gasteiger partial charge in [0.1, 0.15) is 23.5 Å². The molecule has 2 rings (SSSR count). The summed E-state index contributed by atoms with van der Waals surface area (Å²) in [7, 11) is 0.